The van der Waals surface area contributed by atoms with Crippen LogP contribution in [0.15, 0.2) is 29.3 Å². The molecule has 0 aliphatic rings. The number of carbonyl (C=O) groups is 1. The maximum absolute atomic E-state index is 10.2. The zero-order valence-electron chi connectivity index (χ0n) is 9.76. The van der Waals surface area contributed by atoms with Gasteiger partial charge in [0.2, 0.25) is 6.08 Å². The maximum Gasteiger partial charge on any atom is 0.404 e. The summed E-state index contributed by atoms with van der Waals surface area (Å²) in [6.45, 7) is 0.943. The molecule has 0 spiro atoms. The van der Waals surface area contributed by atoms with Gasteiger partial charge in [-0.2, -0.15) is 0 Å². The van der Waals surface area contributed by atoms with Gasteiger partial charge >= 0.3 is 6.09 Å². The molecule has 18 heavy (non-hydrogen) atoms. The second-order valence-electron chi connectivity index (χ2n) is 3.45. The third-order valence-electron chi connectivity index (χ3n) is 2.15. The molecule has 96 valence electrons. The summed E-state index contributed by atoms with van der Waals surface area (Å²) in [5.41, 5.74) is 1.05. The zero-order valence-corrected chi connectivity index (χ0v) is 9.76. The zero-order chi connectivity index (χ0) is 13.2. The molecule has 1 aromatic carbocycles. The molecule has 1 rings (SSSR count). The van der Waals surface area contributed by atoms with Crippen LogP contribution in [0.4, 0.5) is 4.79 Å². The first-order valence-corrected chi connectivity index (χ1v) is 5.44. The fourth-order valence-corrected chi connectivity index (χ4v) is 1.31. The minimum absolute atomic E-state index is 0.241. The van der Waals surface area contributed by atoms with Gasteiger partial charge in [0.1, 0.15) is 12.4 Å². The summed E-state index contributed by atoms with van der Waals surface area (Å²) >= 11 is 0. The highest BCUT2D eigenvalue weighted by atomic mass is 16.5. The van der Waals surface area contributed by atoms with E-state index in [1.165, 1.54) is 6.08 Å². The maximum atomic E-state index is 10.2. The fourth-order valence-electron chi connectivity index (χ4n) is 1.31. The van der Waals surface area contributed by atoms with Crippen molar-refractivity contribution >= 4 is 12.2 Å². The predicted octanol–water partition coefficient (Wildman–Crippen LogP) is 1.21. The highest BCUT2D eigenvalue weighted by Crippen LogP contribution is 2.12. The molecule has 0 unspecified atom stereocenters. The summed E-state index contributed by atoms with van der Waals surface area (Å²) in [6.07, 6.45) is 1.10. The van der Waals surface area contributed by atoms with Crippen LogP contribution in [-0.4, -0.2) is 37.0 Å². The molecule has 2 N–H and O–H groups in total. The Labute approximate surface area is 104 Å². The molecule has 0 radical (unpaired) electrons. The van der Waals surface area contributed by atoms with E-state index in [1.54, 1.807) is 12.1 Å². The first kappa shape index (κ1) is 13.7. The Bertz CT molecular complexity index is 424. The third kappa shape index (κ3) is 5.67. The lowest BCUT2D eigenvalue weighted by Crippen LogP contribution is -2.26. The van der Waals surface area contributed by atoms with Gasteiger partial charge in [0.05, 0.1) is 13.1 Å². The molecule has 0 saturated heterocycles. The molecular formula is C12H14N2O4. The van der Waals surface area contributed by atoms with Crippen LogP contribution in [0.25, 0.3) is 0 Å². The Morgan fingerprint density at radius 3 is 2.72 bits per heavy atom. The van der Waals surface area contributed by atoms with Crippen LogP contribution in [0, 0.1) is 0 Å². The van der Waals surface area contributed by atoms with Gasteiger partial charge in [-0.1, -0.05) is 12.1 Å². The van der Waals surface area contributed by atoms with Crippen molar-refractivity contribution < 1.29 is 19.4 Å². The number of rotatable bonds is 7. The van der Waals surface area contributed by atoms with E-state index in [1.807, 2.05) is 12.1 Å². The molecule has 6 heteroatoms. The Morgan fingerprint density at radius 1 is 1.39 bits per heavy atom. The van der Waals surface area contributed by atoms with Crippen LogP contribution in [0.1, 0.15) is 5.56 Å². The van der Waals surface area contributed by atoms with Crippen molar-refractivity contribution in [3.05, 3.63) is 29.8 Å². The van der Waals surface area contributed by atoms with Crippen molar-refractivity contribution in [1.29, 1.82) is 0 Å². The minimum atomic E-state index is -1.07. The van der Waals surface area contributed by atoms with Crippen molar-refractivity contribution in [3.8, 4) is 5.75 Å². The fraction of sp³-hybridized carbons (Fsp3) is 0.333. The Balaban J connectivity index is 2.31. The SMILES string of the molecule is O=C=NCCc1ccc(OCCNC(=O)O)cc1. The van der Waals surface area contributed by atoms with Crippen LogP contribution >= 0.6 is 0 Å². The first-order valence-electron chi connectivity index (χ1n) is 5.44. The average Bonchev–Trinajstić information content (AvgIpc) is 2.36. The number of nitrogens with one attached hydrogen (secondary N) is 1. The molecule has 1 amide bonds. The number of carbonyl (C=O) groups excluding carboxylic acids is 1. The van der Waals surface area contributed by atoms with E-state index < -0.39 is 6.09 Å². The Kier molecular flexibility index (Phi) is 6.00. The molecule has 6 nitrogen and oxygen atoms in total. The highest BCUT2D eigenvalue weighted by molar-refractivity contribution is 5.64. The molecule has 0 saturated carbocycles. The van der Waals surface area contributed by atoms with Crippen LogP contribution < -0.4 is 10.1 Å². The Morgan fingerprint density at radius 2 is 2.11 bits per heavy atom. The number of hydrogen-bond acceptors (Lipinski definition) is 4. The molecule has 1 aromatic rings. The number of nitrogens with zero attached hydrogens (tertiary/aromatic N) is 1. The van der Waals surface area contributed by atoms with E-state index in [0.717, 1.165) is 5.56 Å². The summed E-state index contributed by atoms with van der Waals surface area (Å²) in [6, 6.07) is 7.34. The van der Waals surface area contributed by atoms with Gasteiger partial charge < -0.3 is 15.2 Å². The number of amides is 1. The molecular weight excluding hydrogens is 236 g/mol. The van der Waals surface area contributed by atoms with E-state index in [-0.39, 0.29) is 13.2 Å². The lowest BCUT2D eigenvalue weighted by atomic mass is 10.1. The molecule has 0 fully saturated rings. The van der Waals surface area contributed by atoms with E-state index in [0.29, 0.717) is 18.7 Å². The summed E-state index contributed by atoms with van der Waals surface area (Å²) in [7, 11) is 0. The number of hydrogen-bond donors (Lipinski definition) is 2. The number of carboxylic acid groups (broad SMARTS) is 1. The topological polar surface area (TPSA) is 88.0 Å². The number of isocyanates is 1. The van der Waals surface area contributed by atoms with Crippen molar-refractivity contribution in [2.45, 2.75) is 6.42 Å². The largest absolute Gasteiger partial charge is 0.492 e. The van der Waals surface area contributed by atoms with Gasteiger partial charge in [0, 0.05) is 0 Å². The van der Waals surface area contributed by atoms with Gasteiger partial charge in [0.25, 0.3) is 0 Å². The second kappa shape index (κ2) is 7.86. The highest BCUT2D eigenvalue weighted by Gasteiger charge is 1.97. The smallest absolute Gasteiger partial charge is 0.404 e. The average molecular weight is 250 g/mol. The first-order chi connectivity index (χ1) is 8.72. The standard InChI is InChI=1S/C12H14N2O4/c15-9-13-6-5-10-1-3-11(4-2-10)18-8-7-14-12(16)17/h1-4,14H,5-8H2,(H,16,17). The van der Waals surface area contributed by atoms with E-state index in [2.05, 4.69) is 10.3 Å². The van der Waals surface area contributed by atoms with Gasteiger partial charge in [-0.15, -0.1) is 0 Å². The van der Waals surface area contributed by atoms with Crippen molar-refractivity contribution in [2.24, 2.45) is 4.99 Å². The van der Waals surface area contributed by atoms with E-state index in [9.17, 15) is 9.59 Å². The molecule has 0 aliphatic heterocycles. The molecule has 0 heterocycles. The minimum Gasteiger partial charge on any atom is -0.492 e. The third-order valence-corrected chi connectivity index (χ3v) is 2.15. The van der Waals surface area contributed by atoms with Crippen molar-refractivity contribution in [2.75, 3.05) is 19.7 Å². The van der Waals surface area contributed by atoms with Crippen molar-refractivity contribution in [3.63, 3.8) is 0 Å². The molecule has 0 bridgehead atoms. The number of ether oxygens (including phenoxy) is 1. The van der Waals surface area contributed by atoms with Crippen LogP contribution in [0.5, 0.6) is 5.75 Å². The quantitative estimate of drug-likeness (QED) is 0.432. The molecule has 0 aromatic heterocycles. The second-order valence-corrected chi connectivity index (χ2v) is 3.45. The van der Waals surface area contributed by atoms with Gasteiger partial charge in [0.15, 0.2) is 0 Å². The van der Waals surface area contributed by atoms with Crippen molar-refractivity contribution in [1.82, 2.24) is 5.32 Å². The van der Waals surface area contributed by atoms with E-state index in [4.69, 9.17) is 9.84 Å². The lowest BCUT2D eigenvalue weighted by molar-refractivity contribution is 0.191. The van der Waals surface area contributed by atoms with Gasteiger partial charge in [-0.05, 0) is 24.1 Å². The van der Waals surface area contributed by atoms with E-state index >= 15 is 0 Å². The summed E-state index contributed by atoms with van der Waals surface area (Å²) < 4.78 is 5.33. The summed E-state index contributed by atoms with van der Waals surface area (Å²) in [5, 5.41) is 10.6. The monoisotopic (exact) mass is 250 g/mol. The summed E-state index contributed by atoms with van der Waals surface area (Å²) in [5.74, 6) is 0.671. The molecule has 0 atom stereocenters. The lowest BCUT2D eigenvalue weighted by Gasteiger charge is -2.06. The Hall–Kier alpha value is -2.33. The number of benzene rings is 1. The van der Waals surface area contributed by atoms with Gasteiger partial charge in [-0.25, -0.2) is 14.6 Å². The summed E-state index contributed by atoms with van der Waals surface area (Å²) in [4.78, 5) is 23.5. The predicted molar refractivity (Wildman–Crippen MR) is 64.7 cm³/mol. The van der Waals surface area contributed by atoms with Crippen LogP contribution in [0.3, 0.4) is 0 Å². The van der Waals surface area contributed by atoms with Crippen LogP contribution in [-0.2, 0) is 11.2 Å². The van der Waals surface area contributed by atoms with Gasteiger partial charge in [-0.3, -0.25) is 0 Å². The molecule has 0 aliphatic carbocycles. The number of aliphatic imine (C=N–C) groups is 1. The normalized spacial score (nSPS) is 9.33. The van der Waals surface area contributed by atoms with Crippen LogP contribution in [0.2, 0.25) is 0 Å².